The lowest BCUT2D eigenvalue weighted by Gasteiger charge is -2.15. The number of hydrogen-bond acceptors (Lipinski definition) is 4. The highest BCUT2D eigenvalue weighted by atomic mass is 35.5. The van der Waals surface area contributed by atoms with Crippen LogP contribution in [-0.4, -0.2) is 18.0 Å². The predicted molar refractivity (Wildman–Crippen MR) is 93.2 cm³/mol. The first-order chi connectivity index (χ1) is 11.2. The molecule has 1 aromatic carbocycles. The average molecular weight is 391 g/mol. The van der Waals surface area contributed by atoms with Crippen molar-refractivity contribution in [1.29, 1.82) is 0 Å². The van der Waals surface area contributed by atoms with Crippen molar-refractivity contribution in [2.75, 3.05) is 5.32 Å². The number of hydrogen-bond donors (Lipinski definition) is 1. The molecule has 5 nitrogen and oxygen atoms in total. The standard InChI is InChI=1S/C16H14Cl3NO4/c1-7-4-11(8(2)23-7)16(22)24-9(3)15(21)20-14-12(18)5-10(17)6-13(14)19/h4-6,9H,1-3H3,(H,20,21)/t9-/m1/s1. The van der Waals surface area contributed by atoms with Crippen molar-refractivity contribution < 1.29 is 18.7 Å². The molecule has 1 atom stereocenters. The van der Waals surface area contributed by atoms with Gasteiger partial charge in [0.25, 0.3) is 5.91 Å². The van der Waals surface area contributed by atoms with E-state index in [4.69, 9.17) is 44.0 Å². The summed E-state index contributed by atoms with van der Waals surface area (Å²) in [6, 6.07) is 4.44. The lowest BCUT2D eigenvalue weighted by Crippen LogP contribution is -2.30. The van der Waals surface area contributed by atoms with Gasteiger partial charge in [-0.25, -0.2) is 4.79 Å². The summed E-state index contributed by atoms with van der Waals surface area (Å²) < 4.78 is 10.4. The molecule has 0 aliphatic carbocycles. The van der Waals surface area contributed by atoms with Gasteiger partial charge in [0, 0.05) is 5.02 Å². The molecule has 0 aliphatic heterocycles. The molecule has 0 spiro atoms. The number of nitrogens with one attached hydrogen (secondary N) is 1. The largest absolute Gasteiger partial charge is 0.466 e. The molecule has 0 unspecified atom stereocenters. The molecular weight excluding hydrogens is 377 g/mol. The van der Waals surface area contributed by atoms with E-state index in [1.807, 2.05) is 0 Å². The van der Waals surface area contributed by atoms with Crippen molar-refractivity contribution in [3.8, 4) is 0 Å². The molecule has 2 rings (SSSR count). The minimum atomic E-state index is -1.06. The van der Waals surface area contributed by atoms with E-state index in [0.717, 1.165) is 0 Å². The molecule has 24 heavy (non-hydrogen) atoms. The number of rotatable bonds is 4. The van der Waals surface area contributed by atoms with Crippen LogP contribution in [0.3, 0.4) is 0 Å². The summed E-state index contributed by atoms with van der Waals surface area (Å²) in [6.45, 7) is 4.79. The van der Waals surface area contributed by atoms with Crippen LogP contribution < -0.4 is 5.32 Å². The zero-order valence-corrected chi connectivity index (χ0v) is 15.3. The van der Waals surface area contributed by atoms with Crippen LogP contribution in [0.15, 0.2) is 22.6 Å². The van der Waals surface area contributed by atoms with Gasteiger partial charge in [-0.1, -0.05) is 34.8 Å². The molecule has 1 aromatic heterocycles. The Labute approximate surface area is 153 Å². The Morgan fingerprint density at radius 1 is 1.12 bits per heavy atom. The van der Waals surface area contributed by atoms with E-state index >= 15 is 0 Å². The van der Waals surface area contributed by atoms with E-state index in [0.29, 0.717) is 16.5 Å². The first kappa shape index (κ1) is 18.6. The Kier molecular flexibility index (Phi) is 5.80. The summed E-state index contributed by atoms with van der Waals surface area (Å²) in [5.74, 6) is -0.224. The van der Waals surface area contributed by atoms with Crippen molar-refractivity contribution in [2.24, 2.45) is 0 Å². The second kappa shape index (κ2) is 7.47. The Bertz CT molecular complexity index is 778. The fraction of sp³-hybridized carbons (Fsp3) is 0.250. The fourth-order valence-corrected chi connectivity index (χ4v) is 2.91. The third-order valence-electron chi connectivity index (χ3n) is 3.17. The number of furan rings is 1. The maximum atomic E-state index is 12.2. The van der Waals surface area contributed by atoms with Crippen LogP contribution >= 0.6 is 34.8 Å². The van der Waals surface area contributed by atoms with Crippen LogP contribution in [0.1, 0.15) is 28.8 Å². The summed E-state index contributed by atoms with van der Waals surface area (Å²) in [5.41, 5.74) is 0.473. The van der Waals surface area contributed by atoms with Crippen LogP contribution in [0, 0.1) is 13.8 Å². The van der Waals surface area contributed by atoms with E-state index in [9.17, 15) is 9.59 Å². The molecular formula is C16H14Cl3NO4. The highest BCUT2D eigenvalue weighted by Crippen LogP contribution is 2.33. The van der Waals surface area contributed by atoms with Gasteiger partial charge in [0.15, 0.2) is 6.10 Å². The molecule has 1 amide bonds. The maximum Gasteiger partial charge on any atom is 0.342 e. The van der Waals surface area contributed by atoms with E-state index in [2.05, 4.69) is 5.32 Å². The molecule has 0 aliphatic rings. The Hall–Kier alpha value is -1.69. The summed E-state index contributed by atoms with van der Waals surface area (Å²) >= 11 is 17.8. The summed E-state index contributed by atoms with van der Waals surface area (Å²) in [6.07, 6.45) is -1.06. The van der Waals surface area contributed by atoms with Crippen LogP contribution in [0.5, 0.6) is 0 Å². The highest BCUT2D eigenvalue weighted by molar-refractivity contribution is 6.42. The molecule has 2 aromatic rings. The smallest absolute Gasteiger partial charge is 0.342 e. The van der Waals surface area contributed by atoms with Gasteiger partial charge in [-0.05, 0) is 39.0 Å². The van der Waals surface area contributed by atoms with Crippen molar-refractivity contribution in [2.45, 2.75) is 26.9 Å². The topological polar surface area (TPSA) is 68.5 Å². The predicted octanol–water partition coefficient (Wildman–Crippen LogP) is 5.04. The fourth-order valence-electron chi connectivity index (χ4n) is 2.00. The second-order valence-corrected chi connectivity index (χ2v) is 6.36. The van der Waals surface area contributed by atoms with Gasteiger partial charge in [0.1, 0.15) is 17.1 Å². The van der Waals surface area contributed by atoms with E-state index in [-0.39, 0.29) is 21.3 Å². The van der Waals surface area contributed by atoms with Crippen molar-refractivity contribution in [3.63, 3.8) is 0 Å². The van der Waals surface area contributed by atoms with E-state index in [1.54, 1.807) is 19.9 Å². The normalized spacial score (nSPS) is 11.9. The lowest BCUT2D eigenvalue weighted by molar-refractivity contribution is -0.123. The summed E-state index contributed by atoms with van der Waals surface area (Å²) in [7, 11) is 0. The first-order valence-corrected chi connectivity index (χ1v) is 8.06. The van der Waals surface area contributed by atoms with E-state index in [1.165, 1.54) is 19.1 Å². The Balaban J connectivity index is 2.08. The first-order valence-electron chi connectivity index (χ1n) is 6.92. The number of ether oxygens (including phenoxy) is 1. The molecule has 0 fully saturated rings. The van der Waals surface area contributed by atoms with Gasteiger partial charge in [-0.2, -0.15) is 0 Å². The maximum absolute atomic E-state index is 12.2. The lowest BCUT2D eigenvalue weighted by atomic mass is 10.2. The minimum absolute atomic E-state index is 0.181. The zero-order valence-electron chi connectivity index (χ0n) is 13.1. The van der Waals surface area contributed by atoms with Gasteiger partial charge in [0.2, 0.25) is 0 Å². The van der Waals surface area contributed by atoms with Crippen LogP contribution in [-0.2, 0) is 9.53 Å². The number of anilines is 1. The van der Waals surface area contributed by atoms with Crippen LogP contribution in [0.4, 0.5) is 5.69 Å². The molecule has 0 saturated heterocycles. The second-order valence-electron chi connectivity index (χ2n) is 5.11. The van der Waals surface area contributed by atoms with E-state index < -0.39 is 18.0 Å². The zero-order chi connectivity index (χ0) is 18.0. The molecule has 0 radical (unpaired) electrons. The third kappa shape index (κ3) is 4.23. The molecule has 8 heteroatoms. The minimum Gasteiger partial charge on any atom is -0.466 e. The van der Waals surface area contributed by atoms with Gasteiger partial charge >= 0.3 is 5.97 Å². The third-order valence-corrected chi connectivity index (χ3v) is 3.98. The Morgan fingerprint density at radius 2 is 1.71 bits per heavy atom. The molecule has 0 bridgehead atoms. The quantitative estimate of drug-likeness (QED) is 0.743. The number of benzene rings is 1. The van der Waals surface area contributed by atoms with Gasteiger partial charge in [0.05, 0.1) is 15.7 Å². The molecule has 1 N–H and O–H groups in total. The van der Waals surface area contributed by atoms with Crippen molar-refractivity contribution >= 4 is 52.4 Å². The van der Waals surface area contributed by atoms with Crippen LogP contribution in [0.25, 0.3) is 0 Å². The number of halogens is 3. The molecule has 1 heterocycles. The number of amides is 1. The SMILES string of the molecule is Cc1cc(C(=O)O[C@H](C)C(=O)Nc2c(Cl)cc(Cl)cc2Cl)c(C)o1. The van der Waals surface area contributed by atoms with Gasteiger partial charge < -0.3 is 14.5 Å². The summed E-state index contributed by atoms with van der Waals surface area (Å²) in [5, 5.41) is 3.22. The summed E-state index contributed by atoms with van der Waals surface area (Å²) in [4.78, 5) is 24.3. The molecule has 128 valence electrons. The number of carbonyl (C=O) groups excluding carboxylic acids is 2. The molecule has 0 saturated carbocycles. The Morgan fingerprint density at radius 3 is 2.21 bits per heavy atom. The monoisotopic (exact) mass is 389 g/mol. The number of esters is 1. The highest BCUT2D eigenvalue weighted by Gasteiger charge is 2.23. The van der Waals surface area contributed by atoms with Crippen molar-refractivity contribution in [3.05, 3.63) is 50.4 Å². The number of carbonyl (C=O) groups is 2. The average Bonchev–Trinajstić information content (AvgIpc) is 2.81. The van der Waals surface area contributed by atoms with Crippen LogP contribution in [0.2, 0.25) is 15.1 Å². The van der Waals surface area contributed by atoms with Gasteiger partial charge in [-0.3, -0.25) is 4.79 Å². The van der Waals surface area contributed by atoms with Gasteiger partial charge in [-0.15, -0.1) is 0 Å². The van der Waals surface area contributed by atoms with Crippen molar-refractivity contribution in [1.82, 2.24) is 0 Å². The number of aryl methyl sites for hydroxylation is 2.